The van der Waals surface area contributed by atoms with Gasteiger partial charge in [-0.3, -0.25) is 0 Å². The van der Waals surface area contributed by atoms with E-state index in [2.05, 4.69) is 13.2 Å². The van der Waals surface area contributed by atoms with Crippen LogP contribution in [0.4, 0.5) is 0 Å². The van der Waals surface area contributed by atoms with Gasteiger partial charge in [0.25, 0.3) is 0 Å². The van der Waals surface area contributed by atoms with Crippen molar-refractivity contribution in [3.8, 4) is 0 Å². The van der Waals surface area contributed by atoms with Gasteiger partial charge < -0.3 is 0 Å². The van der Waals surface area contributed by atoms with Gasteiger partial charge in [0, 0.05) is 0 Å². The van der Waals surface area contributed by atoms with Gasteiger partial charge in [0.15, 0.2) is 0 Å². The highest BCUT2D eigenvalue weighted by Crippen LogP contribution is 1.92. The zero-order chi connectivity index (χ0) is 7.98. The molecule has 0 bridgehead atoms. The first-order chi connectivity index (χ1) is 4.72. The molecule has 0 aliphatic carbocycles. The highest BCUT2D eigenvalue weighted by Gasteiger charge is 1.91. The lowest BCUT2D eigenvalue weighted by atomic mass is 10.2. The third-order valence-corrected chi connectivity index (χ3v) is 1.84. The molecule has 56 valence electrons. The molecule has 0 amide bonds. The summed E-state index contributed by atoms with van der Waals surface area (Å²) in [5.41, 5.74) is 0. The Labute approximate surface area is 62.4 Å². The molecule has 0 unspecified atom stereocenters. The van der Waals surface area contributed by atoms with Crippen molar-refractivity contribution in [2.45, 2.75) is 12.8 Å². The van der Waals surface area contributed by atoms with Gasteiger partial charge in [-0.05, 0) is 12.8 Å². The normalized spacial score (nSPS) is 8.40. The Morgan fingerprint density at radius 1 is 1.40 bits per heavy atom. The fraction of sp³-hybridized carbons (Fsp3) is 0.286. The number of hydrogen-bond acceptors (Lipinski definition) is 2. The number of hydrogen-bond donors (Lipinski definition) is 0. The maximum absolute atomic E-state index is 10.3. The first-order valence-electron chi connectivity index (χ1n) is 2.90. The summed E-state index contributed by atoms with van der Waals surface area (Å²) >= 11 is 0. The predicted octanol–water partition coefficient (Wildman–Crippen LogP) is 1.19. The van der Waals surface area contributed by atoms with E-state index in [1.165, 1.54) is 6.08 Å². The molecule has 0 aromatic heterocycles. The summed E-state index contributed by atoms with van der Waals surface area (Å²) < 4.78 is 20.6. The van der Waals surface area contributed by atoms with Crippen molar-refractivity contribution >= 4 is 15.2 Å². The summed E-state index contributed by atoms with van der Waals surface area (Å²) in [6.07, 6.45) is 4.21. The molecule has 0 atom stereocenters. The lowest BCUT2D eigenvalue weighted by Crippen LogP contribution is -1.92. The molecule has 0 saturated heterocycles. The van der Waals surface area contributed by atoms with Crippen LogP contribution >= 0.6 is 0 Å². The van der Waals surface area contributed by atoms with Gasteiger partial charge in [0.1, 0.15) is 0 Å². The summed E-state index contributed by atoms with van der Waals surface area (Å²) in [5, 5.41) is 0. The quantitative estimate of drug-likeness (QED) is 0.350. The summed E-state index contributed by atoms with van der Waals surface area (Å²) in [7, 11) is -2.10. The van der Waals surface area contributed by atoms with E-state index in [0.717, 1.165) is 0 Å². The molecule has 2 nitrogen and oxygen atoms in total. The van der Waals surface area contributed by atoms with Crippen LogP contribution in [0.25, 0.3) is 0 Å². The Bertz CT molecular complexity index is 239. The molecule has 0 aliphatic rings. The molecular weight excluding hydrogens is 148 g/mol. The van der Waals surface area contributed by atoms with Crippen molar-refractivity contribution < 1.29 is 8.42 Å². The van der Waals surface area contributed by atoms with Crippen LogP contribution in [0, 0.1) is 0 Å². The molecule has 10 heavy (non-hydrogen) atoms. The van der Waals surface area contributed by atoms with Crippen molar-refractivity contribution in [1.29, 1.82) is 0 Å². The monoisotopic (exact) mass is 158 g/mol. The predicted molar refractivity (Wildman–Crippen MR) is 43.6 cm³/mol. The Hall–Kier alpha value is -0.830. The summed E-state index contributed by atoms with van der Waals surface area (Å²) in [4.78, 5) is 0.347. The van der Waals surface area contributed by atoms with Crippen LogP contribution in [0.5, 0.6) is 0 Å². The topological polar surface area (TPSA) is 34.1 Å². The highest BCUT2D eigenvalue weighted by atomic mass is 32.2. The Kier molecular flexibility index (Phi) is 4.58. The Balaban J connectivity index is 4.26. The van der Waals surface area contributed by atoms with E-state index in [1.807, 2.05) is 0 Å². The second kappa shape index (κ2) is 4.99. The minimum atomic E-state index is -2.10. The van der Waals surface area contributed by atoms with E-state index in [9.17, 15) is 8.42 Å². The largest absolute Gasteiger partial charge is 0.217 e. The van der Waals surface area contributed by atoms with Crippen molar-refractivity contribution in [3.05, 3.63) is 25.3 Å². The standard InChI is InChI=1S/C7H10O2S/c1-3-5-6-7(4-2)10(8)9/h3-4H,1-2,5-6H2. The van der Waals surface area contributed by atoms with Crippen molar-refractivity contribution in [2.75, 3.05) is 0 Å². The second-order valence-corrected chi connectivity index (χ2v) is 2.73. The fourth-order valence-corrected chi connectivity index (χ4v) is 0.918. The highest BCUT2D eigenvalue weighted by molar-refractivity contribution is 7.73. The smallest absolute Gasteiger partial charge is 0.184 e. The average molecular weight is 158 g/mol. The third kappa shape index (κ3) is 3.25. The zero-order valence-electron chi connectivity index (χ0n) is 5.71. The molecule has 0 aromatic rings. The SMILES string of the molecule is C=CCCC(C=C)=S(=O)=O. The van der Waals surface area contributed by atoms with E-state index in [4.69, 9.17) is 0 Å². The van der Waals surface area contributed by atoms with Crippen LogP contribution in [0.2, 0.25) is 0 Å². The molecule has 0 fully saturated rings. The van der Waals surface area contributed by atoms with Gasteiger partial charge in [0.2, 0.25) is 10.3 Å². The van der Waals surface area contributed by atoms with Gasteiger partial charge in [-0.15, -0.1) is 6.58 Å². The number of rotatable bonds is 4. The summed E-state index contributed by atoms with van der Waals surface area (Å²) in [6.45, 7) is 6.85. The molecule has 0 N–H and O–H groups in total. The van der Waals surface area contributed by atoms with Crippen LogP contribution in [-0.4, -0.2) is 13.3 Å². The summed E-state index contributed by atoms with van der Waals surface area (Å²) in [6, 6.07) is 0. The first kappa shape index (κ1) is 9.17. The lowest BCUT2D eigenvalue weighted by molar-refractivity contribution is 0.626. The minimum Gasteiger partial charge on any atom is -0.184 e. The van der Waals surface area contributed by atoms with Crippen LogP contribution in [0.1, 0.15) is 12.8 Å². The van der Waals surface area contributed by atoms with E-state index in [0.29, 0.717) is 17.7 Å². The molecule has 0 heterocycles. The van der Waals surface area contributed by atoms with Crippen molar-refractivity contribution in [3.63, 3.8) is 0 Å². The van der Waals surface area contributed by atoms with Gasteiger partial charge >= 0.3 is 0 Å². The maximum Gasteiger partial charge on any atom is 0.217 e. The molecule has 0 aromatic carbocycles. The molecular formula is C7H10O2S. The van der Waals surface area contributed by atoms with Crippen LogP contribution < -0.4 is 0 Å². The minimum absolute atomic E-state index is 0.347. The van der Waals surface area contributed by atoms with Gasteiger partial charge in [0.05, 0.1) is 4.86 Å². The van der Waals surface area contributed by atoms with Crippen LogP contribution in [0.15, 0.2) is 25.3 Å². The average Bonchev–Trinajstić information content (AvgIpc) is 1.89. The zero-order valence-corrected chi connectivity index (χ0v) is 6.52. The maximum atomic E-state index is 10.3. The molecule has 0 saturated carbocycles. The summed E-state index contributed by atoms with van der Waals surface area (Å²) in [5.74, 6) is 0. The molecule has 3 heteroatoms. The van der Waals surface area contributed by atoms with Crippen LogP contribution in [-0.2, 0) is 10.3 Å². The lowest BCUT2D eigenvalue weighted by Gasteiger charge is -1.88. The van der Waals surface area contributed by atoms with Gasteiger partial charge in [-0.1, -0.05) is 18.7 Å². The second-order valence-electron chi connectivity index (χ2n) is 1.73. The molecule has 0 rings (SSSR count). The van der Waals surface area contributed by atoms with Crippen molar-refractivity contribution in [2.24, 2.45) is 0 Å². The van der Waals surface area contributed by atoms with Crippen LogP contribution in [0.3, 0.4) is 0 Å². The van der Waals surface area contributed by atoms with Gasteiger partial charge in [-0.2, -0.15) is 8.42 Å². The molecule has 0 spiro atoms. The molecule has 0 aliphatic heterocycles. The van der Waals surface area contributed by atoms with E-state index >= 15 is 0 Å². The van der Waals surface area contributed by atoms with E-state index < -0.39 is 10.3 Å². The third-order valence-electron chi connectivity index (χ3n) is 1.04. The van der Waals surface area contributed by atoms with E-state index in [1.54, 1.807) is 6.08 Å². The first-order valence-corrected chi connectivity index (χ1v) is 3.98. The molecule has 0 radical (unpaired) electrons. The van der Waals surface area contributed by atoms with E-state index in [-0.39, 0.29) is 0 Å². The van der Waals surface area contributed by atoms with Crippen molar-refractivity contribution in [1.82, 2.24) is 0 Å². The number of allylic oxidation sites excluding steroid dienone is 2. The fourth-order valence-electron chi connectivity index (χ4n) is 0.498. The van der Waals surface area contributed by atoms with Gasteiger partial charge in [-0.25, -0.2) is 0 Å². The Morgan fingerprint density at radius 2 is 2.00 bits per heavy atom. The Morgan fingerprint density at radius 3 is 2.30 bits per heavy atom.